The molecule has 2 N–H and O–H groups in total. The molecule has 0 saturated carbocycles. The molecular weight excluding hydrogens is 433 g/mol. The van der Waals surface area contributed by atoms with E-state index in [1.54, 1.807) is 21.1 Å². The summed E-state index contributed by atoms with van der Waals surface area (Å²) in [7, 11) is 1.99. The van der Waals surface area contributed by atoms with Crippen LogP contribution in [0.4, 0.5) is 0 Å². The molecule has 136 valence electrons. The first-order valence-electron chi connectivity index (χ1n) is 7.33. The summed E-state index contributed by atoms with van der Waals surface area (Å²) in [6.45, 7) is 2.04. The second-order valence-corrected chi connectivity index (χ2v) is 7.68. The van der Waals surface area contributed by atoms with Gasteiger partial charge in [0.05, 0.1) is 12.8 Å². The van der Waals surface area contributed by atoms with Crippen molar-refractivity contribution in [3.05, 3.63) is 0 Å². The summed E-state index contributed by atoms with van der Waals surface area (Å²) in [5.74, 6) is 0.964. The number of piperidine rings is 1. The Kier molecular flexibility index (Phi) is 10.0. The maximum atomic E-state index is 11.5. The van der Waals surface area contributed by atoms with Gasteiger partial charge in [0.2, 0.25) is 15.9 Å². The summed E-state index contributed by atoms with van der Waals surface area (Å²) >= 11 is 0. The molecular formula is C13H28IN5O3S. The molecule has 1 amide bonds. The third kappa shape index (κ3) is 8.15. The number of hydrogen-bond donors (Lipinski definition) is 2. The number of guanidine groups is 1. The number of rotatable bonds is 5. The van der Waals surface area contributed by atoms with Gasteiger partial charge in [-0.1, -0.05) is 0 Å². The molecule has 0 aromatic rings. The molecule has 0 unspecified atom stereocenters. The maximum Gasteiger partial charge on any atom is 0.241 e. The highest BCUT2D eigenvalue weighted by Crippen LogP contribution is 2.18. The highest BCUT2D eigenvalue weighted by Gasteiger charge is 2.24. The molecule has 0 spiro atoms. The van der Waals surface area contributed by atoms with Gasteiger partial charge in [0.15, 0.2) is 5.96 Å². The average Bonchev–Trinajstić information content (AvgIpc) is 2.46. The zero-order valence-electron chi connectivity index (χ0n) is 14.2. The Labute approximate surface area is 156 Å². The van der Waals surface area contributed by atoms with E-state index in [-0.39, 0.29) is 36.4 Å². The van der Waals surface area contributed by atoms with Gasteiger partial charge in [0.1, 0.15) is 0 Å². The highest BCUT2D eigenvalue weighted by molar-refractivity contribution is 14.0. The molecule has 0 aliphatic carbocycles. The first kappa shape index (κ1) is 22.4. The zero-order valence-corrected chi connectivity index (χ0v) is 17.3. The van der Waals surface area contributed by atoms with Crippen LogP contribution in [0, 0.1) is 5.92 Å². The van der Waals surface area contributed by atoms with Gasteiger partial charge in [-0.25, -0.2) is 12.7 Å². The van der Waals surface area contributed by atoms with Crippen LogP contribution >= 0.6 is 24.0 Å². The van der Waals surface area contributed by atoms with Crippen molar-refractivity contribution in [3.8, 4) is 0 Å². The van der Waals surface area contributed by atoms with Gasteiger partial charge in [-0.15, -0.1) is 24.0 Å². The van der Waals surface area contributed by atoms with Gasteiger partial charge in [-0.2, -0.15) is 0 Å². The first-order chi connectivity index (χ1) is 10.2. The Morgan fingerprint density at radius 2 is 1.83 bits per heavy atom. The van der Waals surface area contributed by atoms with E-state index in [4.69, 9.17) is 0 Å². The van der Waals surface area contributed by atoms with Crippen molar-refractivity contribution < 1.29 is 13.2 Å². The lowest BCUT2D eigenvalue weighted by Gasteiger charge is -2.30. The molecule has 1 aliphatic heterocycles. The van der Waals surface area contributed by atoms with E-state index in [9.17, 15) is 13.2 Å². The largest absolute Gasteiger partial charge is 0.356 e. The number of hydrogen-bond acceptors (Lipinski definition) is 4. The quantitative estimate of drug-likeness (QED) is 0.328. The van der Waals surface area contributed by atoms with Crippen molar-refractivity contribution in [2.24, 2.45) is 10.9 Å². The number of carbonyl (C=O) groups excluding carboxylic acids is 1. The Morgan fingerprint density at radius 1 is 1.26 bits per heavy atom. The summed E-state index contributed by atoms with van der Waals surface area (Å²) in [4.78, 5) is 17.1. The van der Waals surface area contributed by atoms with Crippen LogP contribution in [-0.2, 0) is 14.8 Å². The van der Waals surface area contributed by atoms with Crippen LogP contribution in [0.1, 0.15) is 12.8 Å². The van der Waals surface area contributed by atoms with Crippen LogP contribution in [0.2, 0.25) is 0 Å². The molecule has 1 fully saturated rings. The monoisotopic (exact) mass is 461 g/mol. The molecule has 8 nitrogen and oxygen atoms in total. The number of nitrogens with one attached hydrogen (secondary N) is 2. The van der Waals surface area contributed by atoms with E-state index in [2.05, 4.69) is 15.6 Å². The fourth-order valence-electron chi connectivity index (χ4n) is 2.22. The van der Waals surface area contributed by atoms with Crippen molar-refractivity contribution in [1.29, 1.82) is 0 Å². The van der Waals surface area contributed by atoms with E-state index >= 15 is 0 Å². The first-order valence-corrected chi connectivity index (χ1v) is 9.18. The standard InChI is InChI=1S/C13H27N5O3S.HI/c1-14-13(16-10-12(19)17(2)3)15-9-11-5-7-18(8-6-11)22(4,20)21;/h11H,5-10H2,1-4H3,(H2,14,15,16);1H. The number of halogens is 1. The minimum absolute atomic E-state index is 0. The van der Waals surface area contributed by atoms with Crippen molar-refractivity contribution in [1.82, 2.24) is 19.8 Å². The van der Waals surface area contributed by atoms with Crippen molar-refractivity contribution >= 4 is 45.9 Å². The van der Waals surface area contributed by atoms with Gasteiger partial charge in [0, 0.05) is 40.8 Å². The van der Waals surface area contributed by atoms with Crippen molar-refractivity contribution in [3.63, 3.8) is 0 Å². The molecule has 10 heteroatoms. The third-order valence-electron chi connectivity index (χ3n) is 3.73. The molecule has 0 radical (unpaired) electrons. The smallest absolute Gasteiger partial charge is 0.241 e. The summed E-state index contributed by atoms with van der Waals surface area (Å²) in [5, 5.41) is 6.15. The topological polar surface area (TPSA) is 94.1 Å². The summed E-state index contributed by atoms with van der Waals surface area (Å²) in [6, 6.07) is 0. The number of sulfonamides is 1. The second kappa shape index (κ2) is 10.3. The van der Waals surface area contributed by atoms with Crippen LogP contribution in [-0.4, -0.2) is 83.1 Å². The van der Waals surface area contributed by atoms with Gasteiger partial charge in [-0.3, -0.25) is 9.79 Å². The lowest BCUT2D eigenvalue weighted by Crippen LogP contribution is -2.46. The molecule has 0 bridgehead atoms. The van der Waals surface area contributed by atoms with Crippen LogP contribution in [0.15, 0.2) is 4.99 Å². The second-order valence-electron chi connectivity index (χ2n) is 5.70. The van der Waals surface area contributed by atoms with Crippen LogP contribution in [0.3, 0.4) is 0 Å². The van der Waals surface area contributed by atoms with Gasteiger partial charge < -0.3 is 15.5 Å². The van der Waals surface area contributed by atoms with E-state index < -0.39 is 10.0 Å². The molecule has 1 saturated heterocycles. The van der Waals surface area contributed by atoms with Crippen molar-refractivity contribution in [2.45, 2.75) is 12.8 Å². The van der Waals surface area contributed by atoms with Crippen LogP contribution in [0.5, 0.6) is 0 Å². The molecule has 0 aromatic heterocycles. The van der Waals surface area contributed by atoms with Crippen LogP contribution < -0.4 is 10.6 Å². The molecule has 1 rings (SSSR count). The van der Waals surface area contributed by atoms with Gasteiger partial charge in [-0.05, 0) is 18.8 Å². The Morgan fingerprint density at radius 3 is 2.26 bits per heavy atom. The van der Waals surface area contributed by atoms with E-state index in [1.807, 2.05) is 0 Å². The van der Waals surface area contributed by atoms with Gasteiger partial charge in [0.25, 0.3) is 0 Å². The number of nitrogens with zero attached hydrogens (tertiary/aromatic N) is 3. The number of likely N-dealkylation sites (N-methyl/N-ethyl adjacent to an activating group) is 1. The molecule has 0 aromatic carbocycles. The van der Waals surface area contributed by atoms with Gasteiger partial charge >= 0.3 is 0 Å². The maximum absolute atomic E-state index is 11.5. The molecule has 23 heavy (non-hydrogen) atoms. The molecule has 0 atom stereocenters. The molecule has 1 heterocycles. The fourth-order valence-corrected chi connectivity index (χ4v) is 3.10. The number of carbonyl (C=O) groups is 1. The predicted octanol–water partition coefficient (Wildman–Crippen LogP) is -0.471. The normalized spacial score (nSPS) is 17.3. The lowest BCUT2D eigenvalue weighted by atomic mass is 9.98. The lowest BCUT2D eigenvalue weighted by molar-refractivity contribution is -0.127. The fraction of sp³-hybridized carbons (Fsp3) is 0.846. The zero-order chi connectivity index (χ0) is 16.8. The minimum atomic E-state index is -3.08. The van der Waals surface area contributed by atoms with Crippen molar-refractivity contribution in [2.75, 3.05) is 53.6 Å². The average molecular weight is 461 g/mol. The van der Waals surface area contributed by atoms with E-state index in [0.29, 0.717) is 31.5 Å². The van der Waals surface area contributed by atoms with E-state index in [1.165, 1.54) is 15.5 Å². The SMILES string of the molecule is CN=C(NCC(=O)N(C)C)NCC1CCN(S(C)(=O)=O)CC1.I. The summed E-state index contributed by atoms with van der Waals surface area (Å²) in [5.41, 5.74) is 0. The minimum Gasteiger partial charge on any atom is -0.356 e. The Bertz CT molecular complexity index is 502. The summed E-state index contributed by atoms with van der Waals surface area (Å²) in [6.07, 6.45) is 2.90. The Balaban J connectivity index is 0.00000484. The van der Waals surface area contributed by atoms with E-state index in [0.717, 1.165) is 12.8 Å². The number of amides is 1. The van der Waals surface area contributed by atoms with Crippen LogP contribution in [0.25, 0.3) is 0 Å². The Hall–Kier alpha value is -0.620. The highest BCUT2D eigenvalue weighted by atomic mass is 127. The summed E-state index contributed by atoms with van der Waals surface area (Å²) < 4.78 is 24.4. The number of aliphatic imine (C=N–C) groups is 1. The third-order valence-corrected chi connectivity index (χ3v) is 5.03. The molecule has 1 aliphatic rings. The predicted molar refractivity (Wildman–Crippen MR) is 103 cm³/mol.